The summed E-state index contributed by atoms with van der Waals surface area (Å²) in [5.74, 6) is 0.185. The van der Waals surface area contributed by atoms with Gasteiger partial charge in [0.05, 0.1) is 10.7 Å². The van der Waals surface area contributed by atoms with Gasteiger partial charge in [-0.2, -0.15) is 0 Å². The van der Waals surface area contributed by atoms with Crippen molar-refractivity contribution in [3.63, 3.8) is 0 Å². The normalized spacial score (nSPS) is 14.4. The molecule has 2 amide bonds. The van der Waals surface area contributed by atoms with Gasteiger partial charge in [-0.25, -0.2) is 23.2 Å². The molecule has 10 heteroatoms. The number of hydrogen-bond acceptors (Lipinski definition) is 4. The summed E-state index contributed by atoms with van der Waals surface area (Å²) < 4.78 is 16.4. The maximum absolute atomic E-state index is 13.5. The quantitative estimate of drug-likeness (QED) is 0.509. The van der Waals surface area contributed by atoms with Crippen molar-refractivity contribution >= 4 is 17.6 Å². The molecule has 1 aliphatic heterocycles. The number of pyridine rings is 1. The largest absolute Gasteiger partial charge is 0.350 e. The van der Waals surface area contributed by atoms with Gasteiger partial charge in [-0.05, 0) is 55.5 Å². The summed E-state index contributed by atoms with van der Waals surface area (Å²) in [6, 6.07) is 7.36. The van der Waals surface area contributed by atoms with Gasteiger partial charge < -0.3 is 10.2 Å². The van der Waals surface area contributed by atoms with E-state index in [9.17, 15) is 14.0 Å². The summed E-state index contributed by atoms with van der Waals surface area (Å²) >= 11 is 6.36. The van der Waals surface area contributed by atoms with Crippen LogP contribution in [-0.4, -0.2) is 49.9 Å². The van der Waals surface area contributed by atoms with E-state index in [0.29, 0.717) is 48.3 Å². The van der Waals surface area contributed by atoms with Crippen molar-refractivity contribution in [2.24, 2.45) is 5.92 Å². The van der Waals surface area contributed by atoms with Gasteiger partial charge in [0.25, 0.3) is 0 Å². The molecule has 1 saturated heterocycles. The number of benzene rings is 1. The van der Waals surface area contributed by atoms with Crippen LogP contribution in [0, 0.1) is 11.7 Å². The van der Waals surface area contributed by atoms with E-state index in [1.54, 1.807) is 12.3 Å². The third kappa shape index (κ3) is 5.30. The molecule has 3 aromatic rings. The maximum atomic E-state index is 13.5. The van der Waals surface area contributed by atoms with Crippen LogP contribution in [0.2, 0.25) is 5.02 Å². The number of piperidine rings is 1. The van der Waals surface area contributed by atoms with Crippen molar-refractivity contribution in [2.45, 2.75) is 39.2 Å². The number of likely N-dealkylation sites (tertiary alicyclic amines) is 1. The van der Waals surface area contributed by atoms with Crippen molar-refractivity contribution in [3.8, 4) is 17.1 Å². The molecular formula is C24H28ClFN6O2. The smallest absolute Gasteiger partial charge is 0.338 e. The molecule has 34 heavy (non-hydrogen) atoms. The molecule has 0 saturated carbocycles. The average molecular weight is 487 g/mol. The van der Waals surface area contributed by atoms with Crippen LogP contribution in [0.5, 0.6) is 0 Å². The van der Waals surface area contributed by atoms with Gasteiger partial charge in [-0.1, -0.05) is 24.9 Å². The number of nitrogens with zero attached hydrogens (tertiary/aromatic N) is 5. The fourth-order valence-corrected chi connectivity index (χ4v) is 4.33. The Bertz CT molecular complexity index is 1180. The number of nitrogens with one attached hydrogen (secondary N) is 1. The van der Waals surface area contributed by atoms with Gasteiger partial charge in [0.1, 0.15) is 5.82 Å². The molecule has 8 nitrogen and oxygen atoms in total. The summed E-state index contributed by atoms with van der Waals surface area (Å²) in [6.07, 6.45) is 6.64. The van der Waals surface area contributed by atoms with Crippen LogP contribution in [-0.2, 0) is 6.54 Å². The van der Waals surface area contributed by atoms with Gasteiger partial charge in [0.2, 0.25) is 0 Å². The number of urea groups is 1. The van der Waals surface area contributed by atoms with Crippen LogP contribution >= 0.6 is 11.6 Å². The second-order valence-corrected chi connectivity index (χ2v) is 8.88. The summed E-state index contributed by atoms with van der Waals surface area (Å²) in [4.78, 5) is 31.5. The molecule has 0 unspecified atom stereocenters. The maximum Gasteiger partial charge on any atom is 0.350 e. The Hall–Kier alpha value is -3.20. The van der Waals surface area contributed by atoms with Crippen molar-refractivity contribution < 1.29 is 9.18 Å². The Morgan fingerprint density at radius 3 is 2.62 bits per heavy atom. The number of rotatable bonds is 7. The van der Waals surface area contributed by atoms with Crippen LogP contribution in [0.1, 0.15) is 32.6 Å². The topological polar surface area (TPSA) is 85.1 Å². The first-order valence-corrected chi connectivity index (χ1v) is 11.9. The number of unbranched alkanes of at least 4 members (excludes halogenated alkanes) is 1. The molecular weight excluding hydrogens is 459 g/mol. The van der Waals surface area contributed by atoms with Crippen LogP contribution in [0.3, 0.4) is 0 Å². The van der Waals surface area contributed by atoms with E-state index in [-0.39, 0.29) is 17.6 Å². The van der Waals surface area contributed by atoms with Crippen LogP contribution in [0.15, 0.2) is 47.5 Å². The molecule has 0 bridgehead atoms. The van der Waals surface area contributed by atoms with E-state index < -0.39 is 5.82 Å². The highest BCUT2D eigenvalue weighted by Gasteiger charge is 2.25. The number of amides is 2. The lowest BCUT2D eigenvalue weighted by Crippen LogP contribution is -2.45. The Morgan fingerprint density at radius 2 is 1.94 bits per heavy atom. The summed E-state index contributed by atoms with van der Waals surface area (Å²) in [5.41, 5.74) is 0.740. The van der Waals surface area contributed by atoms with Crippen LogP contribution in [0.4, 0.5) is 9.18 Å². The lowest BCUT2D eigenvalue weighted by atomic mass is 9.97. The zero-order chi connectivity index (χ0) is 24.1. The second kappa shape index (κ2) is 10.8. The summed E-state index contributed by atoms with van der Waals surface area (Å²) in [5, 5.41) is 7.93. The van der Waals surface area contributed by atoms with Crippen molar-refractivity contribution in [1.29, 1.82) is 0 Å². The van der Waals surface area contributed by atoms with Gasteiger partial charge in [-0.3, -0.25) is 4.98 Å². The first kappa shape index (κ1) is 23.9. The fourth-order valence-electron chi connectivity index (χ4n) is 4.13. The van der Waals surface area contributed by atoms with Crippen LogP contribution < -0.4 is 11.0 Å². The minimum atomic E-state index is -0.391. The van der Waals surface area contributed by atoms with Crippen LogP contribution in [0.25, 0.3) is 17.1 Å². The average Bonchev–Trinajstić information content (AvgIpc) is 3.16. The van der Waals surface area contributed by atoms with E-state index in [2.05, 4.69) is 22.3 Å². The van der Waals surface area contributed by atoms with Gasteiger partial charge in [0.15, 0.2) is 5.82 Å². The van der Waals surface area contributed by atoms with E-state index in [0.717, 1.165) is 25.7 Å². The third-order valence-electron chi connectivity index (χ3n) is 6.08. The molecule has 1 N–H and O–H groups in total. The van der Waals surface area contributed by atoms with Gasteiger partial charge in [0, 0.05) is 44.1 Å². The summed E-state index contributed by atoms with van der Waals surface area (Å²) in [7, 11) is 0. The number of carbonyl (C=O) groups excluding carboxylic acids is 1. The molecule has 2 aromatic heterocycles. The fraction of sp³-hybridized carbons (Fsp3) is 0.417. The van der Waals surface area contributed by atoms with Gasteiger partial charge >= 0.3 is 11.7 Å². The number of aromatic nitrogens is 4. The van der Waals surface area contributed by atoms with Gasteiger partial charge in [-0.15, -0.1) is 5.10 Å². The molecule has 0 atom stereocenters. The first-order valence-electron chi connectivity index (χ1n) is 11.6. The van der Waals surface area contributed by atoms with Crippen molar-refractivity contribution in [2.75, 3.05) is 19.6 Å². The predicted octanol–water partition coefficient (Wildman–Crippen LogP) is 4.11. The highest BCUT2D eigenvalue weighted by atomic mass is 35.5. The highest BCUT2D eigenvalue weighted by molar-refractivity contribution is 6.33. The van der Waals surface area contributed by atoms with Crippen molar-refractivity contribution in [1.82, 2.24) is 29.5 Å². The van der Waals surface area contributed by atoms with E-state index in [4.69, 9.17) is 11.6 Å². The van der Waals surface area contributed by atoms with Crippen molar-refractivity contribution in [3.05, 3.63) is 64.0 Å². The number of halogens is 2. The highest BCUT2D eigenvalue weighted by Crippen LogP contribution is 2.27. The molecule has 180 valence electrons. The first-order chi connectivity index (χ1) is 16.5. The van der Waals surface area contributed by atoms with E-state index in [1.807, 2.05) is 4.90 Å². The SMILES string of the molecule is CCCCNC(=O)N1CCC(Cn2nc(-c3ccncc3Cl)n(-c3ccc(F)cc3)c2=O)CC1. The van der Waals surface area contributed by atoms with E-state index >= 15 is 0 Å². The molecule has 0 aliphatic carbocycles. The molecule has 4 rings (SSSR count). The Kier molecular flexibility index (Phi) is 7.62. The lowest BCUT2D eigenvalue weighted by molar-refractivity contribution is 0.163. The zero-order valence-corrected chi connectivity index (χ0v) is 19.8. The predicted molar refractivity (Wildman–Crippen MR) is 129 cm³/mol. The molecule has 3 heterocycles. The summed E-state index contributed by atoms with van der Waals surface area (Å²) in [6.45, 7) is 4.48. The minimum absolute atomic E-state index is 0.0285. The molecule has 1 fully saturated rings. The van der Waals surface area contributed by atoms with E-state index in [1.165, 1.54) is 39.7 Å². The zero-order valence-electron chi connectivity index (χ0n) is 19.1. The minimum Gasteiger partial charge on any atom is -0.338 e. The Labute approximate surface area is 202 Å². The Morgan fingerprint density at radius 1 is 1.21 bits per heavy atom. The second-order valence-electron chi connectivity index (χ2n) is 8.47. The standard InChI is InChI=1S/C24H28ClFN6O2/c1-2-3-11-28-23(33)30-13-9-17(10-14-30)16-31-24(34)32(19-6-4-18(26)5-7-19)22(29-31)20-8-12-27-15-21(20)25/h4-8,12,15,17H,2-3,9-11,13-14,16H2,1H3,(H,28,33). The number of hydrogen-bond donors (Lipinski definition) is 1. The number of carbonyl (C=O) groups is 1. The molecule has 0 spiro atoms. The third-order valence-corrected chi connectivity index (χ3v) is 6.38. The molecule has 1 aliphatic rings. The molecule has 1 aromatic carbocycles. The lowest BCUT2D eigenvalue weighted by Gasteiger charge is -2.31. The Balaban J connectivity index is 1.55. The molecule has 0 radical (unpaired) electrons. The monoisotopic (exact) mass is 486 g/mol.